The zero-order valence-electron chi connectivity index (χ0n) is 13.8. The highest BCUT2D eigenvalue weighted by Gasteiger charge is 2.12. The van der Waals surface area contributed by atoms with Gasteiger partial charge >= 0.3 is 0 Å². The zero-order chi connectivity index (χ0) is 17.2. The number of aromatic nitrogens is 1. The molecule has 0 radical (unpaired) electrons. The molecule has 0 saturated heterocycles. The Kier molecular flexibility index (Phi) is 7.04. The number of anilines is 2. The van der Waals surface area contributed by atoms with Crippen molar-refractivity contribution in [1.29, 1.82) is 0 Å². The number of amides is 1. The van der Waals surface area contributed by atoms with Crippen molar-refractivity contribution < 1.29 is 14.6 Å². The number of carbonyl (C=O) groups is 1. The summed E-state index contributed by atoms with van der Waals surface area (Å²) in [5.74, 6) is 1.01. The van der Waals surface area contributed by atoms with Crippen LogP contribution in [0.3, 0.4) is 0 Å². The quantitative estimate of drug-likeness (QED) is 0.616. The van der Waals surface area contributed by atoms with Gasteiger partial charge in [0.1, 0.15) is 11.6 Å². The summed E-state index contributed by atoms with van der Waals surface area (Å²) in [7, 11) is 1.58. The standard InChI is InChI=1S/C18H23N3O3/c1-24-15-8-5-7-14(13-15)21-18(23)16-9-6-11-20-17(16)19-10-3-2-4-12-22/h5-9,11,13,22H,2-4,10,12H2,1H3,(H,19,20)(H,21,23). The maximum Gasteiger partial charge on any atom is 0.259 e. The molecule has 1 amide bonds. The first-order valence-electron chi connectivity index (χ1n) is 7.99. The van der Waals surface area contributed by atoms with E-state index in [0.29, 0.717) is 29.4 Å². The van der Waals surface area contributed by atoms with Crippen molar-refractivity contribution in [3.8, 4) is 5.75 Å². The van der Waals surface area contributed by atoms with Gasteiger partial charge in [-0.1, -0.05) is 6.07 Å². The van der Waals surface area contributed by atoms with E-state index in [0.717, 1.165) is 19.3 Å². The number of benzene rings is 1. The first-order chi connectivity index (χ1) is 11.7. The molecule has 0 aliphatic heterocycles. The number of aliphatic hydroxyl groups excluding tert-OH is 1. The van der Waals surface area contributed by atoms with Crippen LogP contribution in [0.5, 0.6) is 5.75 Å². The average Bonchev–Trinajstić information content (AvgIpc) is 2.62. The predicted molar refractivity (Wildman–Crippen MR) is 94.6 cm³/mol. The lowest BCUT2D eigenvalue weighted by molar-refractivity contribution is 0.102. The maximum atomic E-state index is 12.5. The molecule has 1 heterocycles. The molecule has 1 aromatic carbocycles. The topological polar surface area (TPSA) is 83.5 Å². The summed E-state index contributed by atoms with van der Waals surface area (Å²) in [4.78, 5) is 16.8. The van der Waals surface area contributed by atoms with Crippen LogP contribution in [-0.2, 0) is 0 Å². The molecule has 0 spiro atoms. The van der Waals surface area contributed by atoms with Gasteiger partial charge in [0.15, 0.2) is 0 Å². The number of ether oxygens (including phenoxy) is 1. The maximum absolute atomic E-state index is 12.5. The number of pyridine rings is 1. The molecule has 1 aromatic heterocycles. The van der Waals surface area contributed by atoms with E-state index in [-0.39, 0.29) is 12.5 Å². The number of rotatable bonds is 9. The third-order valence-electron chi connectivity index (χ3n) is 3.51. The van der Waals surface area contributed by atoms with E-state index in [1.165, 1.54) is 0 Å². The monoisotopic (exact) mass is 329 g/mol. The van der Waals surface area contributed by atoms with E-state index < -0.39 is 0 Å². The van der Waals surface area contributed by atoms with Gasteiger partial charge in [0, 0.05) is 31.1 Å². The van der Waals surface area contributed by atoms with Crippen molar-refractivity contribution in [2.24, 2.45) is 0 Å². The molecule has 128 valence electrons. The summed E-state index contributed by atoms with van der Waals surface area (Å²) in [6, 6.07) is 10.7. The normalized spacial score (nSPS) is 10.2. The Morgan fingerprint density at radius 1 is 1.21 bits per heavy atom. The van der Waals surface area contributed by atoms with Crippen LogP contribution in [0.1, 0.15) is 29.6 Å². The van der Waals surface area contributed by atoms with E-state index in [9.17, 15) is 4.79 Å². The lowest BCUT2D eigenvalue weighted by atomic mass is 10.2. The number of aliphatic hydroxyl groups is 1. The van der Waals surface area contributed by atoms with Crippen molar-refractivity contribution in [3.63, 3.8) is 0 Å². The van der Waals surface area contributed by atoms with Gasteiger partial charge in [-0.2, -0.15) is 0 Å². The van der Waals surface area contributed by atoms with E-state index >= 15 is 0 Å². The fraction of sp³-hybridized carbons (Fsp3) is 0.333. The van der Waals surface area contributed by atoms with Crippen LogP contribution in [0.25, 0.3) is 0 Å². The minimum atomic E-state index is -0.228. The molecule has 0 fully saturated rings. The van der Waals surface area contributed by atoms with Crippen molar-refractivity contribution in [3.05, 3.63) is 48.2 Å². The lowest BCUT2D eigenvalue weighted by Gasteiger charge is -2.11. The van der Waals surface area contributed by atoms with Crippen LogP contribution in [0, 0.1) is 0 Å². The largest absolute Gasteiger partial charge is 0.497 e. The number of nitrogens with one attached hydrogen (secondary N) is 2. The summed E-state index contributed by atoms with van der Waals surface area (Å²) in [6.07, 6.45) is 4.28. The third-order valence-corrected chi connectivity index (χ3v) is 3.51. The molecule has 0 aliphatic carbocycles. The minimum absolute atomic E-state index is 0.206. The molecule has 0 unspecified atom stereocenters. The first kappa shape index (κ1) is 17.7. The second-order valence-corrected chi connectivity index (χ2v) is 5.30. The molecule has 6 heteroatoms. The number of methoxy groups -OCH3 is 1. The fourth-order valence-corrected chi connectivity index (χ4v) is 2.25. The highest BCUT2D eigenvalue weighted by atomic mass is 16.5. The van der Waals surface area contributed by atoms with Gasteiger partial charge in [-0.25, -0.2) is 4.98 Å². The van der Waals surface area contributed by atoms with Crippen molar-refractivity contribution in [2.75, 3.05) is 30.9 Å². The Morgan fingerprint density at radius 2 is 2.08 bits per heavy atom. The van der Waals surface area contributed by atoms with Crippen molar-refractivity contribution in [1.82, 2.24) is 4.98 Å². The van der Waals surface area contributed by atoms with Gasteiger partial charge in [0.2, 0.25) is 0 Å². The summed E-state index contributed by atoms with van der Waals surface area (Å²) >= 11 is 0. The van der Waals surface area contributed by atoms with E-state index in [4.69, 9.17) is 9.84 Å². The van der Waals surface area contributed by atoms with Gasteiger partial charge in [-0.15, -0.1) is 0 Å². The molecular weight excluding hydrogens is 306 g/mol. The Hall–Kier alpha value is -2.60. The number of carbonyl (C=O) groups excluding carboxylic acids is 1. The Labute approximate surface area is 141 Å². The summed E-state index contributed by atoms with van der Waals surface area (Å²) in [5.41, 5.74) is 1.15. The number of hydrogen-bond acceptors (Lipinski definition) is 5. The second-order valence-electron chi connectivity index (χ2n) is 5.30. The van der Waals surface area contributed by atoms with Crippen LogP contribution < -0.4 is 15.4 Å². The molecular formula is C18H23N3O3. The SMILES string of the molecule is COc1cccc(NC(=O)c2cccnc2NCCCCCO)c1. The molecule has 0 saturated carbocycles. The van der Waals surface area contributed by atoms with Crippen LogP contribution in [0.2, 0.25) is 0 Å². The number of nitrogens with zero attached hydrogens (tertiary/aromatic N) is 1. The number of hydrogen-bond donors (Lipinski definition) is 3. The average molecular weight is 329 g/mol. The van der Waals surface area contributed by atoms with Crippen molar-refractivity contribution >= 4 is 17.4 Å². The fourth-order valence-electron chi connectivity index (χ4n) is 2.25. The van der Waals surface area contributed by atoms with Crippen molar-refractivity contribution in [2.45, 2.75) is 19.3 Å². The smallest absolute Gasteiger partial charge is 0.259 e. The Morgan fingerprint density at radius 3 is 2.88 bits per heavy atom. The molecule has 0 aliphatic rings. The van der Waals surface area contributed by atoms with E-state index in [2.05, 4.69) is 15.6 Å². The lowest BCUT2D eigenvalue weighted by Crippen LogP contribution is -2.16. The first-order valence-corrected chi connectivity index (χ1v) is 7.99. The van der Waals surface area contributed by atoms with Gasteiger partial charge < -0.3 is 20.5 Å². The zero-order valence-corrected chi connectivity index (χ0v) is 13.8. The summed E-state index contributed by atoms with van der Waals surface area (Å²) in [6.45, 7) is 0.911. The predicted octanol–water partition coefficient (Wildman–Crippen LogP) is 2.92. The van der Waals surface area contributed by atoms with Gasteiger partial charge in [0.05, 0.1) is 12.7 Å². The molecule has 2 rings (SSSR count). The third kappa shape index (κ3) is 5.24. The summed E-state index contributed by atoms with van der Waals surface area (Å²) in [5, 5.41) is 14.8. The molecule has 2 aromatic rings. The van der Waals surface area contributed by atoms with E-state index in [1.807, 2.05) is 12.1 Å². The molecule has 3 N–H and O–H groups in total. The highest BCUT2D eigenvalue weighted by molar-refractivity contribution is 6.07. The summed E-state index contributed by atoms with van der Waals surface area (Å²) < 4.78 is 5.16. The number of unbranched alkanes of at least 4 members (excludes halogenated alkanes) is 2. The molecule has 6 nitrogen and oxygen atoms in total. The van der Waals surface area contributed by atoms with Gasteiger partial charge in [-0.05, 0) is 43.5 Å². The minimum Gasteiger partial charge on any atom is -0.497 e. The molecule has 0 bridgehead atoms. The Bertz CT molecular complexity index is 661. The van der Waals surface area contributed by atoms with Gasteiger partial charge in [0.25, 0.3) is 5.91 Å². The molecule has 0 atom stereocenters. The van der Waals surface area contributed by atoms with Crippen LogP contribution in [-0.4, -0.2) is 36.3 Å². The molecule has 24 heavy (non-hydrogen) atoms. The highest BCUT2D eigenvalue weighted by Crippen LogP contribution is 2.19. The van der Waals surface area contributed by atoms with E-state index in [1.54, 1.807) is 37.6 Å². The Balaban J connectivity index is 2.00. The van der Waals surface area contributed by atoms with Gasteiger partial charge in [-0.3, -0.25) is 4.79 Å². The van der Waals surface area contributed by atoms with Crippen LogP contribution in [0.15, 0.2) is 42.6 Å². The van der Waals surface area contributed by atoms with Crippen LogP contribution >= 0.6 is 0 Å². The second kappa shape index (κ2) is 9.52. The van der Waals surface area contributed by atoms with Crippen LogP contribution in [0.4, 0.5) is 11.5 Å².